The van der Waals surface area contributed by atoms with E-state index < -0.39 is 28.5 Å². The van der Waals surface area contributed by atoms with Crippen molar-refractivity contribution in [2.45, 2.75) is 11.8 Å². The molecule has 0 amide bonds. The van der Waals surface area contributed by atoms with Crippen molar-refractivity contribution < 1.29 is 27.9 Å². The van der Waals surface area contributed by atoms with Crippen LogP contribution in [0, 0.1) is 6.92 Å². The summed E-state index contributed by atoms with van der Waals surface area (Å²) in [6.07, 6.45) is 0. The van der Waals surface area contributed by atoms with Gasteiger partial charge in [-0.2, -0.15) is 4.31 Å². The highest BCUT2D eigenvalue weighted by atomic mass is 32.2. The number of ether oxygens (including phenoxy) is 1. The highest BCUT2D eigenvalue weighted by Crippen LogP contribution is 2.29. The molecule has 0 bridgehead atoms. The summed E-state index contributed by atoms with van der Waals surface area (Å²) in [6.45, 7) is 0.850. The van der Waals surface area contributed by atoms with E-state index in [1.807, 2.05) is 0 Å². The van der Waals surface area contributed by atoms with Gasteiger partial charge in [0.1, 0.15) is 16.3 Å². The molecule has 0 unspecified atom stereocenters. The van der Waals surface area contributed by atoms with Gasteiger partial charge in [0.05, 0.1) is 7.11 Å². The molecule has 0 aliphatic rings. The van der Waals surface area contributed by atoms with Gasteiger partial charge in [-0.3, -0.25) is 4.79 Å². The monoisotopic (exact) mass is 307 g/mol. The van der Waals surface area contributed by atoms with Gasteiger partial charge in [0.2, 0.25) is 10.0 Å². The Hall–Kier alpha value is -1.45. The van der Waals surface area contributed by atoms with E-state index in [1.54, 1.807) is 0 Å². The second kappa shape index (κ2) is 5.68. The van der Waals surface area contributed by atoms with Crippen LogP contribution in [-0.4, -0.2) is 50.5 Å². The van der Waals surface area contributed by atoms with Crippen molar-refractivity contribution >= 4 is 33.3 Å². The van der Waals surface area contributed by atoms with E-state index in [-0.39, 0.29) is 9.77 Å². The van der Waals surface area contributed by atoms with Gasteiger partial charge < -0.3 is 9.84 Å². The Labute approximate surface area is 114 Å². The number of aryl methyl sites for hydroxylation is 1. The summed E-state index contributed by atoms with van der Waals surface area (Å²) in [6, 6.07) is 0. The Morgan fingerprint density at radius 1 is 1.47 bits per heavy atom. The average Bonchev–Trinajstić information content (AvgIpc) is 2.69. The number of esters is 1. The Balaban J connectivity index is 3.32. The molecule has 0 atom stereocenters. The summed E-state index contributed by atoms with van der Waals surface area (Å²) < 4.78 is 29.7. The number of carbonyl (C=O) groups is 2. The van der Waals surface area contributed by atoms with E-state index in [9.17, 15) is 18.0 Å². The van der Waals surface area contributed by atoms with Crippen LogP contribution in [0.5, 0.6) is 0 Å². The second-order valence-corrected chi connectivity index (χ2v) is 6.58. The zero-order valence-electron chi connectivity index (χ0n) is 10.5. The quantitative estimate of drug-likeness (QED) is 0.797. The molecule has 106 valence electrons. The maximum atomic E-state index is 12.3. The third-order valence-electron chi connectivity index (χ3n) is 2.31. The number of likely N-dealkylation sites (N-methyl/N-ethyl adjacent to an activating group) is 1. The van der Waals surface area contributed by atoms with Crippen LogP contribution in [-0.2, 0) is 19.6 Å². The lowest BCUT2D eigenvalue weighted by atomic mass is 10.3. The number of hydrogen-bond acceptors (Lipinski definition) is 6. The van der Waals surface area contributed by atoms with Crippen LogP contribution in [0.4, 0.5) is 0 Å². The first kappa shape index (κ1) is 15.6. The van der Waals surface area contributed by atoms with Crippen molar-refractivity contribution in [3.8, 4) is 0 Å². The summed E-state index contributed by atoms with van der Waals surface area (Å²) >= 11 is 0.944. The number of methoxy groups -OCH3 is 1. The molecule has 0 aliphatic heterocycles. The molecule has 0 aliphatic carbocycles. The van der Waals surface area contributed by atoms with Crippen LogP contribution in [0.1, 0.15) is 15.2 Å². The molecule has 9 heteroatoms. The molecular formula is C10H13NO6S2. The maximum Gasteiger partial charge on any atom is 0.349 e. The maximum absolute atomic E-state index is 12.3. The van der Waals surface area contributed by atoms with Crippen LogP contribution >= 0.6 is 11.3 Å². The van der Waals surface area contributed by atoms with Crippen molar-refractivity contribution in [1.82, 2.24) is 4.31 Å². The molecule has 1 heterocycles. The number of rotatable bonds is 5. The molecule has 1 aromatic heterocycles. The second-order valence-electron chi connectivity index (χ2n) is 3.72. The summed E-state index contributed by atoms with van der Waals surface area (Å²) in [4.78, 5) is 21.9. The molecule has 0 fully saturated rings. The van der Waals surface area contributed by atoms with Gasteiger partial charge in [-0.05, 0) is 17.9 Å². The van der Waals surface area contributed by atoms with E-state index in [0.29, 0.717) is 9.87 Å². The largest absolute Gasteiger partial charge is 0.480 e. The molecule has 0 aromatic carbocycles. The number of carbonyl (C=O) groups excluding carboxylic acids is 1. The first-order chi connectivity index (χ1) is 8.71. The van der Waals surface area contributed by atoms with Crippen molar-refractivity contribution in [2.24, 2.45) is 0 Å². The van der Waals surface area contributed by atoms with Crippen molar-refractivity contribution in [3.63, 3.8) is 0 Å². The average molecular weight is 307 g/mol. The number of hydrogen-bond donors (Lipinski definition) is 1. The fourth-order valence-corrected chi connectivity index (χ4v) is 4.19. The van der Waals surface area contributed by atoms with E-state index in [2.05, 4.69) is 4.74 Å². The third kappa shape index (κ3) is 3.11. The molecule has 19 heavy (non-hydrogen) atoms. The molecule has 0 radical (unpaired) electrons. The predicted octanol–water partition coefficient (Wildman–Crippen LogP) is 0.548. The smallest absolute Gasteiger partial charge is 0.349 e. The van der Waals surface area contributed by atoms with Crippen LogP contribution in [0.25, 0.3) is 0 Å². The van der Waals surface area contributed by atoms with Gasteiger partial charge >= 0.3 is 11.9 Å². The topological polar surface area (TPSA) is 101 Å². The van der Waals surface area contributed by atoms with E-state index in [1.165, 1.54) is 12.3 Å². The highest BCUT2D eigenvalue weighted by molar-refractivity contribution is 7.89. The minimum Gasteiger partial charge on any atom is -0.480 e. The summed E-state index contributed by atoms with van der Waals surface area (Å²) in [5, 5.41) is 10.2. The minimum atomic E-state index is -4.05. The molecule has 7 nitrogen and oxygen atoms in total. The van der Waals surface area contributed by atoms with Gasteiger partial charge in [-0.25, -0.2) is 13.2 Å². The Morgan fingerprint density at radius 2 is 2.05 bits per heavy atom. The summed E-state index contributed by atoms with van der Waals surface area (Å²) in [5.74, 6) is -2.04. The lowest BCUT2D eigenvalue weighted by Crippen LogP contribution is -2.33. The number of thiophene rings is 1. The Kier molecular flexibility index (Phi) is 4.66. The normalized spacial score (nSPS) is 11.6. The van der Waals surface area contributed by atoms with Crippen molar-refractivity contribution in [2.75, 3.05) is 20.7 Å². The van der Waals surface area contributed by atoms with Gasteiger partial charge in [-0.1, -0.05) is 0 Å². The first-order valence-corrected chi connectivity index (χ1v) is 7.38. The standard InChI is InChI=1S/C10H13NO6S2/c1-6-5-18-8(10(14)17-3)9(6)19(15,16)11(2)4-7(12)13/h5H,4H2,1-3H3,(H,12,13). The number of sulfonamides is 1. The highest BCUT2D eigenvalue weighted by Gasteiger charge is 2.31. The summed E-state index contributed by atoms with van der Waals surface area (Å²) in [7, 11) is -1.76. The predicted molar refractivity (Wildman–Crippen MR) is 67.8 cm³/mol. The van der Waals surface area contributed by atoms with Crippen molar-refractivity contribution in [1.29, 1.82) is 0 Å². The Bertz CT molecular complexity index is 604. The van der Waals surface area contributed by atoms with E-state index >= 15 is 0 Å². The van der Waals surface area contributed by atoms with Gasteiger partial charge in [-0.15, -0.1) is 11.3 Å². The van der Waals surface area contributed by atoms with Gasteiger partial charge in [0.15, 0.2) is 0 Å². The van der Waals surface area contributed by atoms with Crippen LogP contribution < -0.4 is 0 Å². The van der Waals surface area contributed by atoms with Gasteiger partial charge in [0.25, 0.3) is 0 Å². The van der Waals surface area contributed by atoms with Gasteiger partial charge in [0, 0.05) is 7.05 Å². The SMILES string of the molecule is COC(=O)c1scc(C)c1S(=O)(=O)N(C)CC(=O)O. The molecule has 1 aromatic rings. The summed E-state index contributed by atoms with van der Waals surface area (Å²) in [5.41, 5.74) is 0.377. The van der Waals surface area contributed by atoms with Crippen molar-refractivity contribution in [3.05, 3.63) is 15.8 Å². The molecular weight excluding hydrogens is 294 g/mol. The third-order valence-corrected chi connectivity index (χ3v) is 5.51. The molecule has 1 N–H and O–H groups in total. The zero-order valence-corrected chi connectivity index (χ0v) is 12.2. The lowest BCUT2D eigenvalue weighted by molar-refractivity contribution is -0.137. The zero-order chi connectivity index (χ0) is 14.8. The van der Waals surface area contributed by atoms with Crippen LogP contribution in [0.3, 0.4) is 0 Å². The molecule has 0 saturated heterocycles. The first-order valence-electron chi connectivity index (χ1n) is 5.06. The van der Waals surface area contributed by atoms with Crippen LogP contribution in [0.15, 0.2) is 10.3 Å². The lowest BCUT2D eigenvalue weighted by Gasteiger charge is -2.15. The van der Waals surface area contributed by atoms with E-state index in [0.717, 1.165) is 25.5 Å². The van der Waals surface area contributed by atoms with E-state index in [4.69, 9.17) is 5.11 Å². The number of aliphatic carboxylic acids is 1. The fourth-order valence-electron chi connectivity index (χ4n) is 1.42. The molecule has 0 spiro atoms. The molecule has 1 rings (SSSR count). The minimum absolute atomic E-state index is 0.0581. The Morgan fingerprint density at radius 3 is 2.53 bits per heavy atom. The molecule has 0 saturated carbocycles. The number of nitrogens with zero attached hydrogens (tertiary/aromatic N) is 1. The fraction of sp³-hybridized carbons (Fsp3) is 0.400. The number of carboxylic acid groups (broad SMARTS) is 1. The van der Waals surface area contributed by atoms with Crippen LogP contribution in [0.2, 0.25) is 0 Å². The number of carboxylic acids is 1.